The largest absolute Gasteiger partial charge is 2.00 e. The molecule has 0 saturated heterocycles. The van der Waals surface area contributed by atoms with Crippen LogP contribution in [0.2, 0.25) is 0 Å². The summed E-state index contributed by atoms with van der Waals surface area (Å²) in [7, 11) is 0. The standard InChI is InChI=1S/C9H11NO3.CH2O3.Ca/c10-8(9(12)13)5-6-1-3-7(11)4-2-6;2-1(3)4;/h1-4,8,11H,5,10H2,(H,12,13);(H2,2,3,4);/q;;+2/p-2/t8-;;/m0../s1. The molecule has 1 aromatic rings. The van der Waals surface area contributed by atoms with Crippen LogP contribution in [-0.2, 0) is 11.2 Å². The SMILES string of the molecule is N[C@@H](Cc1ccc(O)cc1)C(=O)O.O=C([O-])[O-].[Ca+2]. The van der Waals surface area contributed by atoms with E-state index in [1.807, 2.05) is 0 Å². The Bertz CT molecular complexity index is 376. The molecule has 0 fully saturated rings. The van der Waals surface area contributed by atoms with Crippen molar-refractivity contribution in [2.45, 2.75) is 12.5 Å². The van der Waals surface area contributed by atoms with Crippen molar-refractivity contribution in [2.24, 2.45) is 5.73 Å². The number of hydrogen-bond acceptors (Lipinski definition) is 6. The summed E-state index contributed by atoms with van der Waals surface area (Å²) in [5.74, 6) is -0.860. The van der Waals surface area contributed by atoms with Crippen molar-refractivity contribution in [1.82, 2.24) is 0 Å². The summed E-state index contributed by atoms with van der Waals surface area (Å²) >= 11 is 0. The van der Waals surface area contributed by atoms with Crippen LogP contribution in [-0.4, -0.2) is 66.1 Å². The number of phenolic OH excluding ortho intramolecular Hbond substituents is 1. The molecule has 0 aliphatic carbocycles. The second kappa shape index (κ2) is 9.95. The molecule has 0 amide bonds. The Kier molecular flexibility index (Phi) is 10.7. The molecule has 0 aromatic heterocycles. The van der Waals surface area contributed by atoms with Crippen molar-refractivity contribution in [1.29, 1.82) is 0 Å². The third-order valence-corrected chi connectivity index (χ3v) is 1.71. The molecule has 8 heteroatoms. The van der Waals surface area contributed by atoms with Gasteiger partial charge < -0.3 is 31.0 Å². The zero-order chi connectivity index (χ0) is 13.4. The number of hydrogen-bond donors (Lipinski definition) is 3. The smallest absolute Gasteiger partial charge is 0.652 e. The first kappa shape index (κ1) is 19.3. The average molecular weight is 281 g/mol. The summed E-state index contributed by atoms with van der Waals surface area (Å²) in [6.07, 6.45) is -2.06. The summed E-state index contributed by atoms with van der Waals surface area (Å²) < 4.78 is 0. The van der Waals surface area contributed by atoms with Crippen LogP contribution in [0, 0.1) is 0 Å². The van der Waals surface area contributed by atoms with E-state index in [1.54, 1.807) is 12.1 Å². The summed E-state index contributed by atoms with van der Waals surface area (Å²) in [6, 6.07) is 5.42. The summed E-state index contributed by atoms with van der Waals surface area (Å²) in [5, 5.41) is 34.1. The number of carboxylic acid groups (broad SMARTS) is 3. The number of carboxylic acids is 1. The first-order chi connectivity index (χ1) is 7.82. The molecule has 0 aliphatic rings. The Balaban J connectivity index is 0. The molecule has 0 unspecified atom stereocenters. The molecule has 1 aromatic carbocycles. The molecule has 7 nitrogen and oxygen atoms in total. The van der Waals surface area contributed by atoms with Crippen LogP contribution in [0.25, 0.3) is 0 Å². The monoisotopic (exact) mass is 281 g/mol. The number of benzene rings is 1. The van der Waals surface area contributed by atoms with Gasteiger partial charge >= 0.3 is 43.7 Å². The van der Waals surface area contributed by atoms with E-state index in [-0.39, 0.29) is 49.9 Å². The van der Waals surface area contributed by atoms with Crippen molar-refractivity contribution in [3.8, 4) is 5.75 Å². The molecular formula is C10H11CaNO6. The van der Waals surface area contributed by atoms with Crippen molar-refractivity contribution < 1.29 is 30.0 Å². The molecule has 1 atom stereocenters. The maximum Gasteiger partial charge on any atom is 2.00 e. The molecule has 0 aliphatic heterocycles. The van der Waals surface area contributed by atoms with E-state index in [4.69, 9.17) is 31.0 Å². The number of carbonyl (C=O) groups is 2. The molecule has 0 heterocycles. The zero-order valence-electron chi connectivity index (χ0n) is 9.41. The van der Waals surface area contributed by atoms with Crippen molar-refractivity contribution >= 4 is 49.9 Å². The van der Waals surface area contributed by atoms with E-state index in [1.165, 1.54) is 12.1 Å². The second-order valence-corrected chi connectivity index (χ2v) is 3.07. The van der Waals surface area contributed by atoms with Gasteiger partial charge in [-0.15, -0.1) is 0 Å². The number of aromatic hydroxyl groups is 1. The minimum Gasteiger partial charge on any atom is -0.652 e. The first-order valence-corrected chi connectivity index (χ1v) is 4.47. The Morgan fingerprint density at radius 1 is 1.22 bits per heavy atom. The van der Waals surface area contributed by atoms with E-state index in [9.17, 15) is 4.79 Å². The van der Waals surface area contributed by atoms with Gasteiger partial charge in [0.05, 0.1) is 0 Å². The number of phenols is 1. The summed E-state index contributed by atoms with van der Waals surface area (Å²) in [6.45, 7) is 0. The normalized spacial score (nSPS) is 10.3. The van der Waals surface area contributed by atoms with Crippen LogP contribution in [0.15, 0.2) is 24.3 Å². The van der Waals surface area contributed by atoms with Crippen LogP contribution in [0.3, 0.4) is 0 Å². The minimum absolute atomic E-state index is 0. The van der Waals surface area contributed by atoms with Crippen LogP contribution >= 0.6 is 0 Å². The summed E-state index contributed by atoms with van der Waals surface area (Å²) in [5.41, 5.74) is 6.12. The fourth-order valence-corrected chi connectivity index (χ4v) is 0.973. The van der Waals surface area contributed by atoms with Crippen LogP contribution in [0.5, 0.6) is 5.75 Å². The number of aliphatic carboxylic acids is 1. The first-order valence-electron chi connectivity index (χ1n) is 4.47. The van der Waals surface area contributed by atoms with Gasteiger partial charge in [-0.25, -0.2) is 0 Å². The Labute approximate surface area is 133 Å². The van der Waals surface area contributed by atoms with Gasteiger partial charge in [0.1, 0.15) is 11.8 Å². The topological polar surface area (TPSA) is 147 Å². The molecular weight excluding hydrogens is 270 g/mol. The van der Waals surface area contributed by atoms with Gasteiger partial charge in [0.25, 0.3) is 0 Å². The second-order valence-electron chi connectivity index (χ2n) is 3.07. The van der Waals surface area contributed by atoms with E-state index in [0.717, 1.165) is 5.56 Å². The van der Waals surface area contributed by atoms with Gasteiger partial charge in [-0.2, -0.15) is 0 Å². The van der Waals surface area contributed by atoms with Gasteiger partial charge in [-0.05, 0) is 30.3 Å². The third kappa shape index (κ3) is 10.2. The predicted molar refractivity (Wildman–Crippen MR) is 58.6 cm³/mol. The Morgan fingerprint density at radius 2 is 1.61 bits per heavy atom. The van der Waals surface area contributed by atoms with E-state index >= 15 is 0 Å². The molecule has 0 bridgehead atoms. The molecule has 0 saturated carbocycles. The van der Waals surface area contributed by atoms with Gasteiger partial charge in [-0.3, -0.25) is 4.79 Å². The van der Waals surface area contributed by atoms with Crippen molar-refractivity contribution in [2.75, 3.05) is 0 Å². The van der Waals surface area contributed by atoms with Crippen LogP contribution in [0.4, 0.5) is 4.79 Å². The Hall–Kier alpha value is -1.02. The zero-order valence-corrected chi connectivity index (χ0v) is 11.6. The predicted octanol–water partition coefficient (Wildman–Crippen LogP) is -2.48. The van der Waals surface area contributed by atoms with Crippen LogP contribution in [0.1, 0.15) is 5.56 Å². The maximum absolute atomic E-state index is 10.4. The molecule has 0 radical (unpaired) electrons. The van der Waals surface area contributed by atoms with Crippen molar-refractivity contribution in [3.63, 3.8) is 0 Å². The third-order valence-electron chi connectivity index (χ3n) is 1.71. The van der Waals surface area contributed by atoms with E-state index in [0.29, 0.717) is 0 Å². The van der Waals surface area contributed by atoms with Gasteiger partial charge in [-0.1, -0.05) is 12.1 Å². The van der Waals surface area contributed by atoms with Gasteiger partial charge in [0.2, 0.25) is 0 Å². The summed E-state index contributed by atoms with van der Waals surface area (Å²) in [4.78, 5) is 18.7. The number of rotatable bonds is 3. The molecule has 18 heavy (non-hydrogen) atoms. The molecule has 94 valence electrons. The quantitative estimate of drug-likeness (QED) is 0.519. The average Bonchev–Trinajstić information content (AvgIpc) is 2.20. The molecule has 0 spiro atoms. The van der Waals surface area contributed by atoms with Gasteiger partial charge in [0.15, 0.2) is 0 Å². The Morgan fingerprint density at radius 3 is 1.94 bits per heavy atom. The van der Waals surface area contributed by atoms with E-state index in [2.05, 4.69) is 0 Å². The number of carbonyl (C=O) groups excluding carboxylic acids is 1. The molecule has 1 rings (SSSR count). The molecule has 4 N–H and O–H groups in total. The fourth-order valence-electron chi connectivity index (χ4n) is 0.973. The fraction of sp³-hybridized carbons (Fsp3) is 0.200. The number of nitrogens with two attached hydrogens (primary N) is 1. The van der Waals surface area contributed by atoms with Crippen LogP contribution < -0.4 is 15.9 Å². The minimum atomic E-state index is -2.33. The maximum atomic E-state index is 10.4. The van der Waals surface area contributed by atoms with Gasteiger partial charge in [0, 0.05) is 0 Å². The van der Waals surface area contributed by atoms with E-state index < -0.39 is 18.2 Å². The van der Waals surface area contributed by atoms with Crippen molar-refractivity contribution in [3.05, 3.63) is 29.8 Å².